The maximum Gasteiger partial charge on any atom is 0.118 e. The Kier molecular flexibility index (Phi) is 4.03. The Morgan fingerprint density at radius 2 is 1.76 bits per heavy atom. The van der Waals surface area contributed by atoms with Gasteiger partial charge in [0, 0.05) is 0 Å². The third kappa shape index (κ3) is 2.79. The fourth-order valence-corrected chi connectivity index (χ4v) is 2.48. The van der Waals surface area contributed by atoms with Gasteiger partial charge in [-0.05, 0) is 49.0 Å². The van der Waals surface area contributed by atoms with E-state index in [0.29, 0.717) is 0 Å². The lowest BCUT2D eigenvalue weighted by atomic mass is 9.88. The number of rotatable bonds is 3. The van der Waals surface area contributed by atoms with Crippen LogP contribution in [0.25, 0.3) is 5.57 Å². The average molecular weight is 228 g/mol. The fourth-order valence-electron chi connectivity index (χ4n) is 2.48. The van der Waals surface area contributed by atoms with Crippen LogP contribution in [-0.4, -0.2) is 7.11 Å². The maximum absolute atomic E-state index is 5.19. The number of allylic oxidation sites excluding steroid dienone is 3. The van der Waals surface area contributed by atoms with Crippen LogP contribution in [0.3, 0.4) is 0 Å². The Bertz CT molecular complexity index is 404. The molecule has 0 spiro atoms. The van der Waals surface area contributed by atoms with Crippen molar-refractivity contribution in [2.24, 2.45) is 0 Å². The summed E-state index contributed by atoms with van der Waals surface area (Å²) in [5.74, 6) is 0.908. The van der Waals surface area contributed by atoms with Crippen molar-refractivity contribution in [2.75, 3.05) is 7.11 Å². The average Bonchev–Trinajstić information content (AvgIpc) is 2.42. The van der Waals surface area contributed by atoms with Crippen LogP contribution in [0.4, 0.5) is 0 Å². The zero-order chi connectivity index (χ0) is 12.1. The molecule has 1 aliphatic carbocycles. The van der Waals surface area contributed by atoms with Crippen molar-refractivity contribution >= 4 is 5.57 Å². The van der Waals surface area contributed by atoms with Gasteiger partial charge >= 0.3 is 0 Å². The number of hydrogen-bond donors (Lipinski definition) is 0. The van der Waals surface area contributed by atoms with Gasteiger partial charge in [0.1, 0.15) is 5.75 Å². The van der Waals surface area contributed by atoms with E-state index in [1.165, 1.54) is 43.2 Å². The highest BCUT2D eigenvalue weighted by Gasteiger charge is 2.10. The second-order valence-corrected chi connectivity index (χ2v) is 4.51. The second-order valence-electron chi connectivity index (χ2n) is 4.51. The van der Waals surface area contributed by atoms with E-state index in [2.05, 4.69) is 18.7 Å². The Balaban J connectivity index is 2.30. The fraction of sp³-hybridized carbons (Fsp3) is 0.375. The molecule has 0 heterocycles. The van der Waals surface area contributed by atoms with Crippen LogP contribution < -0.4 is 4.74 Å². The van der Waals surface area contributed by atoms with Crippen LogP contribution in [0.1, 0.15) is 37.7 Å². The van der Waals surface area contributed by atoms with Crippen LogP contribution in [0.5, 0.6) is 5.75 Å². The lowest BCUT2D eigenvalue weighted by molar-refractivity contribution is 0.415. The van der Waals surface area contributed by atoms with E-state index in [1.807, 2.05) is 18.2 Å². The Hall–Kier alpha value is -1.50. The Labute approximate surface area is 104 Å². The normalized spacial score (nSPS) is 15.5. The van der Waals surface area contributed by atoms with Gasteiger partial charge in [-0.1, -0.05) is 36.8 Å². The van der Waals surface area contributed by atoms with E-state index >= 15 is 0 Å². The van der Waals surface area contributed by atoms with Crippen molar-refractivity contribution in [3.05, 3.63) is 48.1 Å². The summed E-state index contributed by atoms with van der Waals surface area (Å²) in [5, 5.41) is 0. The molecule has 2 rings (SSSR count). The predicted octanol–water partition coefficient (Wildman–Crippen LogP) is 4.60. The molecule has 0 bridgehead atoms. The van der Waals surface area contributed by atoms with Crippen LogP contribution >= 0.6 is 0 Å². The number of methoxy groups -OCH3 is 1. The van der Waals surface area contributed by atoms with Crippen molar-refractivity contribution in [2.45, 2.75) is 32.1 Å². The lowest BCUT2D eigenvalue weighted by Crippen LogP contribution is -1.97. The summed E-state index contributed by atoms with van der Waals surface area (Å²) >= 11 is 0. The first kappa shape index (κ1) is 12.0. The summed E-state index contributed by atoms with van der Waals surface area (Å²) in [5.41, 5.74) is 4.15. The van der Waals surface area contributed by atoms with Crippen LogP contribution in [-0.2, 0) is 0 Å². The SMILES string of the molecule is C=CC(=C1CCCCC1)c1ccc(OC)cc1. The monoisotopic (exact) mass is 228 g/mol. The van der Waals surface area contributed by atoms with Gasteiger partial charge < -0.3 is 4.74 Å². The van der Waals surface area contributed by atoms with Crippen LogP contribution in [0.15, 0.2) is 42.5 Å². The molecule has 1 aromatic rings. The number of ether oxygens (including phenoxy) is 1. The minimum absolute atomic E-state index is 0.908. The molecule has 1 aromatic carbocycles. The van der Waals surface area contributed by atoms with Crippen molar-refractivity contribution in [3.63, 3.8) is 0 Å². The standard InChI is InChI=1S/C16H20O/c1-3-16(13-7-5-4-6-8-13)14-9-11-15(17-2)12-10-14/h3,9-12H,1,4-8H2,2H3. The first-order chi connectivity index (χ1) is 8.35. The van der Waals surface area contributed by atoms with Crippen LogP contribution in [0, 0.1) is 0 Å². The van der Waals surface area contributed by atoms with Crippen molar-refractivity contribution in [3.8, 4) is 5.75 Å². The van der Waals surface area contributed by atoms with E-state index < -0.39 is 0 Å². The summed E-state index contributed by atoms with van der Waals surface area (Å²) in [4.78, 5) is 0. The Morgan fingerprint density at radius 1 is 1.12 bits per heavy atom. The van der Waals surface area contributed by atoms with E-state index in [0.717, 1.165) is 5.75 Å². The molecule has 0 unspecified atom stereocenters. The van der Waals surface area contributed by atoms with Crippen LogP contribution in [0.2, 0.25) is 0 Å². The molecule has 1 heteroatoms. The molecule has 0 aliphatic heterocycles. The number of hydrogen-bond acceptors (Lipinski definition) is 1. The van der Waals surface area contributed by atoms with Gasteiger partial charge in [0.15, 0.2) is 0 Å². The van der Waals surface area contributed by atoms with Gasteiger partial charge in [-0.25, -0.2) is 0 Å². The zero-order valence-electron chi connectivity index (χ0n) is 10.5. The minimum Gasteiger partial charge on any atom is -0.497 e. The predicted molar refractivity (Wildman–Crippen MR) is 73.2 cm³/mol. The first-order valence-electron chi connectivity index (χ1n) is 6.34. The maximum atomic E-state index is 5.19. The van der Waals surface area contributed by atoms with Gasteiger partial charge in [-0.3, -0.25) is 0 Å². The molecule has 0 radical (unpaired) electrons. The second kappa shape index (κ2) is 5.72. The highest BCUT2D eigenvalue weighted by molar-refractivity contribution is 5.76. The summed E-state index contributed by atoms with van der Waals surface area (Å²) in [6, 6.07) is 8.28. The zero-order valence-corrected chi connectivity index (χ0v) is 10.5. The molecule has 0 saturated heterocycles. The van der Waals surface area contributed by atoms with E-state index in [9.17, 15) is 0 Å². The van der Waals surface area contributed by atoms with E-state index in [-0.39, 0.29) is 0 Å². The molecule has 0 amide bonds. The summed E-state index contributed by atoms with van der Waals surface area (Å²) in [6.07, 6.45) is 8.48. The minimum atomic E-state index is 0.908. The topological polar surface area (TPSA) is 9.23 Å². The molecule has 1 nitrogen and oxygen atoms in total. The third-order valence-corrected chi connectivity index (χ3v) is 3.44. The molecule has 0 aromatic heterocycles. The van der Waals surface area contributed by atoms with E-state index in [1.54, 1.807) is 12.7 Å². The van der Waals surface area contributed by atoms with Crippen molar-refractivity contribution in [1.29, 1.82) is 0 Å². The smallest absolute Gasteiger partial charge is 0.118 e. The van der Waals surface area contributed by atoms with Gasteiger partial charge in [0.05, 0.1) is 7.11 Å². The summed E-state index contributed by atoms with van der Waals surface area (Å²) < 4.78 is 5.19. The molecule has 90 valence electrons. The highest BCUT2D eigenvalue weighted by Crippen LogP contribution is 2.31. The van der Waals surface area contributed by atoms with Gasteiger partial charge in [-0.15, -0.1) is 0 Å². The molecule has 17 heavy (non-hydrogen) atoms. The van der Waals surface area contributed by atoms with Gasteiger partial charge in [0.2, 0.25) is 0 Å². The van der Waals surface area contributed by atoms with E-state index in [4.69, 9.17) is 4.74 Å². The van der Waals surface area contributed by atoms with Crippen molar-refractivity contribution < 1.29 is 4.74 Å². The number of benzene rings is 1. The largest absolute Gasteiger partial charge is 0.497 e. The third-order valence-electron chi connectivity index (χ3n) is 3.44. The quantitative estimate of drug-likeness (QED) is 0.734. The van der Waals surface area contributed by atoms with Gasteiger partial charge in [-0.2, -0.15) is 0 Å². The molecule has 0 atom stereocenters. The molecule has 1 saturated carbocycles. The summed E-state index contributed by atoms with van der Waals surface area (Å²) in [7, 11) is 1.70. The molecular formula is C16H20O. The molecular weight excluding hydrogens is 208 g/mol. The van der Waals surface area contributed by atoms with Gasteiger partial charge in [0.25, 0.3) is 0 Å². The lowest BCUT2D eigenvalue weighted by Gasteiger charge is -2.17. The Morgan fingerprint density at radius 3 is 2.29 bits per heavy atom. The molecule has 1 fully saturated rings. The summed E-state index contributed by atoms with van der Waals surface area (Å²) in [6.45, 7) is 3.97. The molecule has 0 N–H and O–H groups in total. The highest BCUT2D eigenvalue weighted by atomic mass is 16.5. The first-order valence-corrected chi connectivity index (χ1v) is 6.34. The van der Waals surface area contributed by atoms with Crippen molar-refractivity contribution in [1.82, 2.24) is 0 Å². The molecule has 1 aliphatic rings.